The highest BCUT2D eigenvalue weighted by Gasteiger charge is 2.60. The summed E-state index contributed by atoms with van der Waals surface area (Å²) < 4.78 is 16.7. The molecule has 5 nitrogen and oxygen atoms in total. The van der Waals surface area contributed by atoms with Gasteiger partial charge in [0.05, 0.1) is 13.4 Å². The van der Waals surface area contributed by atoms with Gasteiger partial charge in [-0.1, -0.05) is 18.6 Å². The molecular formula is C27H40O5. The lowest BCUT2D eigenvalue weighted by atomic mass is 9.46. The number of carbonyl (C=O) groups is 2. The van der Waals surface area contributed by atoms with E-state index in [0.717, 1.165) is 32.1 Å². The third kappa shape index (κ3) is 3.90. The molecule has 3 fully saturated rings. The van der Waals surface area contributed by atoms with Crippen LogP contribution in [0.4, 0.5) is 0 Å². The monoisotopic (exact) mass is 444 g/mol. The number of esters is 2. The van der Waals surface area contributed by atoms with Crippen LogP contribution >= 0.6 is 0 Å². The minimum Gasteiger partial charge on any atom is -0.505 e. The Morgan fingerprint density at radius 2 is 1.88 bits per heavy atom. The summed E-state index contributed by atoms with van der Waals surface area (Å²) >= 11 is 0. The van der Waals surface area contributed by atoms with Crippen molar-refractivity contribution in [1.82, 2.24) is 0 Å². The van der Waals surface area contributed by atoms with Gasteiger partial charge in [-0.25, -0.2) is 0 Å². The number of allylic oxidation sites excluding steroid dienone is 2. The summed E-state index contributed by atoms with van der Waals surface area (Å²) in [5.41, 5.74) is 1.68. The second kappa shape index (κ2) is 8.87. The van der Waals surface area contributed by atoms with Gasteiger partial charge in [0.1, 0.15) is 12.2 Å². The molecule has 0 heterocycles. The first-order chi connectivity index (χ1) is 15.2. The van der Waals surface area contributed by atoms with Gasteiger partial charge in [0, 0.05) is 31.6 Å². The molecule has 0 N–H and O–H groups in total. The first-order valence-electron chi connectivity index (χ1n) is 12.5. The summed E-state index contributed by atoms with van der Waals surface area (Å²) in [5.74, 6) is 1.97. The number of ether oxygens (including phenoxy) is 3. The highest BCUT2D eigenvalue weighted by Crippen LogP contribution is 2.67. The molecule has 0 amide bonds. The highest BCUT2D eigenvalue weighted by molar-refractivity contribution is 5.66. The summed E-state index contributed by atoms with van der Waals surface area (Å²) in [4.78, 5) is 23.2. The third-order valence-corrected chi connectivity index (χ3v) is 9.49. The van der Waals surface area contributed by atoms with Crippen LogP contribution in [-0.4, -0.2) is 31.3 Å². The van der Waals surface area contributed by atoms with E-state index >= 15 is 0 Å². The van der Waals surface area contributed by atoms with E-state index in [-0.39, 0.29) is 35.0 Å². The maximum absolute atomic E-state index is 11.6. The van der Waals surface area contributed by atoms with Crippen molar-refractivity contribution in [2.24, 2.45) is 34.5 Å². The summed E-state index contributed by atoms with van der Waals surface area (Å²) in [6.45, 7) is 7.57. The number of carbonyl (C=O) groups excluding carboxylic acids is 2. The molecule has 0 bridgehead atoms. The molecule has 0 aromatic heterocycles. The topological polar surface area (TPSA) is 61.8 Å². The minimum atomic E-state index is -0.184. The normalized spacial score (nSPS) is 41.7. The number of hydrogen-bond acceptors (Lipinski definition) is 5. The Kier molecular flexibility index (Phi) is 6.48. The van der Waals surface area contributed by atoms with Gasteiger partial charge in [-0.2, -0.15) is 0 Å². The van der Waals surface area contributed by atoms with Crippen molar-refractivity contribution in [3.8, 4) is 0 Å². The van der Waals surface area contributed by atoms with Crippen molar-refractivity contribution in [3.63, 3.8) is 0 Å². The summed E-state index contributed by atoms with van der Waals surface area (Å²) in [5, 5.41) is 0. The SMILES string of the molecule is CO/C=C/[C@]12CC[C@H](OC(C)=O)CC1=CC[C@H]1[C@@H]3CC[C@H]([C@@H](C)OC(C)=O)[C@@]3(C)CC[C@@H]12. The summed E-state index contributed by atoms with van der Waals surface area (Å²) in [7, 11) is 1.72. The van der Waals surface area contributed by atoms with Gasteiger partial charge in [-0.3, -0.25) is 9.59 Å². The molecule has 0 aromatic rings. The zero-order valence-electron chi connectivity index (χ0n) is 20.4. The first-order valence-corrected chi connectivity index (χ1v) is 12.5. The minimum absolute atomic E-state index is 0.00586. The average Bonchev–Trinajstić information content (AvgIpc) is 3.08. The van der Waals surface area contributed by atoms with E-state index in [9.17, 15) is 9.59 Å². The first kappa shape index (κ1) is 23.4. The van der Waals surface area contributed by atoms with Crippen LogP contribution in [-0.2, 0) is 23.8 Å². The maximum Gasteiger partial charge on any atom is 0.302 e. The van der Waals surface area contributed by atoms with Crippen LogP contribution < -0.4 is 0 Å². The Balaban J connectivity index is 1.62. The van der Waals surface area contributed by atoms with Crippen LogP contribution in [0.15, 0.2) is 24.0 Å². The maximum atomic E-state index is 11.6. The van der Waals surface area contributed by atoms with Crippen LogP contribution in [0.1, 0.15) is 79.1 Å². The fourth-order valence-corrected chi connectivity index (χ4v) is 8.32. The van der Waals surface area contributed by atoms with Crippen LogP contribution in [0.3, 0.4) is 0 Å². The Bertz CT molecular complexity index is 800. The molecule has 178 valence electrons. The lowest BCUT2D eigenvalue weighted by Crippen LogP contribution is -2.52. The standard InChI is InChI=1S/C27H40O5/c1-17(31-18(2)28)23-8-9-24-22-7-6-20-16-21(32-19(3)29)10-13-27(20,14-15-30-5)25(22)11-12-26(23,24)4/h6,14-15,17,21-25H,7-13,16H2,1-5H3/b15-14+/t17-,21+,22+,23-,24+,25+,26-,27-/m1/s1. The van der Waals surface area contributed by atoms with Gasteiger partial charge in [-0.05, 0) is 81.1 Å². The van der Waals surface area contributed by atoms with Crippen LogP contribution in [0.25, 0.3) is 0 Å². The van der Waals surface area contributed by atoms with Gasteiger partial charge in [0.2, 0.25) is 0 Å². The Labute approximate surface area is 192 Å². The van der Waals surface area contributed by atoms with Crippen molar-refractivity contribution in [2.75, 3.05) is 7.11 Å². The van der Waals surface area contributed by atoms with Crippen LogP contribution in [0.2, 0.25) is 0 Å². The molecule has 4 aliphatic carbocycles. The zero-order chi connectivity index (χ0) is 23.1. The number of methoxy groups -OCH3 is 1. The van der Waals surface area contributed by atoms with E-state index in [0.29, 0.717) is 23.7 Å². The Morgan fingerprint density at radius 1 is 1.09 bits per heavy atom. The molecule has 0 spiro atoms. The van der Waals surface area contributed by atoms with Gasteiger partial charge < -0.3 is 14.2 Å². The predicted molar refractivity (Wildman–Crippen MR) is 122 cm³/mol. The molecule has 0 unspecified atom stereocenters. The number of rotatable bonds is 5. The van der Waals surface area contributed by atoms with Crippen molar-refractivity contribution in [3.05, 3.63) is 24.0 Å². The molecule has 0 radical (unpaired) electrons. The van der Waals surface area contributed by atoms with E-state index in [1.165, 1.54) is 38.7 Å². The average molecular weight is 445 g/mol. The molecular weight excluding hydrogens is 404 g/mol. The quantitative estimate of drug-likeness (QED) is 0.314. The molecule has 8 atom stereocenters. The molecule has 4 aliphatic rings. The fourth-order valence-electron chi connectivity index (χ4n) is 8.32. The molecule has 3 saturated carbocycles. The molecule has 0 aliphatic heterocycles. The Morgan fingerprint density at radius 3 is 2.56 bits per heavy atom. The molecule has 4 rings (SSSR count). The molecule has 5 heteroatoms. The van der Waals surface area contributed by atoms with E-state index in [1.807, 2.05) is 6.26 Å². The van der Waals surface area contributed by atoms with Gasteiger partial charge >= 0.3 is 11.9 Å². The van der Waals surface area contributed by atoms with Crippen LogP contribution in [0, 0.1) is 34.5 Å². The van der Waals surface area contributed by atoms with Crippen molar-refractivity contribution < 1.29 is 23.8 Å². The van der Waals surface area contributed by atoms with Gasteiger partial charge in [-0.15, -0.1) is 0 Å². The highest BCUT2D eigenvalue weighted by atomic mass is 16.5. The number of hydrogen-bond donors (Lipinski definition) is 0. The van der Waals surface area contributed by atoms with E-state index < -0.39 is 0 Å². The second-order valence-corrected chi connectivity index (χ2v) is 10.9. The van der Waals surface area contributed by atoms with E-state index in [2.05, 4.69) is 26.0 Å². The fraction of sp³-hybridized carbons (Fsp3) is 0.778. The lowest BCUT2D eigenvalue weighted by molar-refractivity contribution is -0.153. The van der Waals surface area contributed by atoms with E-state index in [1.54, 1.807) is 7.11 Å². The molecule has 0 saturated heterocycles. The van der Waals surface area contributed by atoms with Gasteiger partial charge in [0.15, 0.2) is 0 Å². The number of fused-ring (bicyclic) bond motifs is 5. The van der Waals surface area contributed by atoms with Crippen molar-refractivity contribution >= 4 is 11.9 Å². The lowest BCUT2D eigenvalue weighted by Gasteiger charge is -2.58. The predicted octanol–water partition coefficient (Wildman–Crippen LogP) is 5.59. The molecule has 32 heavy (non-hydrogen) atoms. The van der Waals surface area contributed by atoms with E-state index in [4.69, 9.17) is 14.2 Å². The Hall–Kier alpha value is -1.78. The molecule has 0 aromatic carbocycles. The smallest absolute Gasteiger partial charge is 0.302 e. The second-order valence-electron chi connectivity index (χ2n) is 10.9. The third-order valence-electron chi connectivity index (χ3n) is 9.49. The van der Waals surface area contributed by atoms with Crippen LogP contribution in [0.5, 0.6) is 0 Å². The summed E-state index contributed by atoms with van der Waals surface area (Å²) in [6.07, 6.45) is 15.2. The largest absolute Gasteiger partial charge is 0.505 e. The van der Waals surface area contributed by atoms with Crippen molar-refractivity contribution in [1.29, 1.82) is 0 Å². The summed E-state index contributed by atoms with van der Waals surface area (Å²) in [6, 6.07) is 0. The zero-order valence-corrected chi connectivity index (χ0v) is 20.4. The van der Waals surface area contributed by atoms with Gasteiger partial charge in [0.25, 0.3) is 0 Å². The van der Waals surface area contributed by atoms with Crippen molar-refractivity contribution in [2.45, 2.75) is 91.3 Å².